The van der Waals surface area contributed by atoms with E-state index in [4.69, 9.17) is 14.4 Å². The molecule has 0 aliphatic carbocycles. The third-order valence-corrected chi connectivity index (χ3v) is 10.00. The summed E-state index contributed by atoms with van der Waals surface area (Å²) in [6, 6.07) is 34.3. The Kier molecular flexibility index (Phi) is 4.36. The van der Waals surface area contributed by atoms with Crippen LogP contribution in [0.15, 0.2) is 114 Å². The summed E-state index contributed by atoms with van der Waals surface area (Å²) >= 11 is 3.60. The minimum atomic E-state index is 0.896. The van der Waals surface area contributed by atoms with Crippen LogP contribution in [0.4, 0.5) is 0 Å². The molecule has 0 atom stereocenters. The Bertz CT molecular complexity index is 2240. The quantitative estimate of drug-likeness (QED) is 0.221. The number of aromatic nitrogens is 2. The molecule has 4 aromatic carbocycles. The average Bonchev–Trinajstić information content (AvgIpc) is 3.67. The molecule has 0 fully saturated rings. The number of furan rings is 1. The molecule has 0 aliphatic rings. The van der Waals surface area contributed by atoms with Gasteiger partial charge in [-0.3, -0.25) is 9.97 Å². The third kappa shape index (κ3) is 3.08. The first kappa shape index (κ1) is 21.4. The number of hydrogen-bond donors (Lipinski definition) is 0. The molecule has 0 aliphatic heterocycles. The summed E-state index contributed by atoms with van der Waals surface area (Å²) in [7, 11) is 0. The van der Waals surface area contributed by atoms with Crippen molar-refractivity contribution in [2.45, 2.75) is 0 Å². The Balaban J connectivity index is 1.21. The maximum Gasteiger partial charge on any atom is 0.136 e. The Morgan fingerprint density at radius 1 is 0.487 bits per heavy atom. The van der Waals surface area contributed by atoms with E-state index < -0.39 is 0 Å². The van der Waals surface area contributed by atoms with E-state index in [9.17, 15) is 0 Å². The van der Waals surface area contributed by atoms with E-state index in [0.29, 0.717) is 0 Å². The van der Waals surface area contributed by atoms with Crippen molar-refractivity contribution < 1.29 is 4.42 Å². The number of hydrogen-bond acceptors (Lipinski definition) is 5. The van der Waals surface area contributed by atoms with Crippen LogP contribution < -0.4 is 0 Å². The molecule has 0 amide bonds. The van der Waals surface area contributed by atoms with Gasteiger partial charge in [0.05, 0.1) is 20.4 Å². The smallest absolute Gasteiger partial charge is 0.136 e. The molecule has 5 heteroatoms. The van der Waals surface area contributed by atoms with Crippen molar-refractivity contribution in [1.82, 2.24) is 9.97 Å². The first-order valence-corrected chi connectivity index (χ1v) is 14.4. The second kappa shape index (κ2) is 7.96. The summed E-state index contributed by atoms with van der Waals surface area (Å²) in [4.78, 5) is 9.42. The zero-order chi connectivity index (χ0) is 25.5. The molecule has 5 aromatic heterocycles. The summed E-state index contributed by atoms with van der Waals surface area (Å²) < 4.78 is 11.4. The van der Waals surface area contributed by atoms with Gasteiger partial charge in [0, 0.05) is 54.5 Å². The van der Waals surface area contributed by atoms with Gasteiger partial charge in [0.15, 0.2) is 0 Å². The van der Waals surface area contributed by atoms with Gasteiger partial charge in [-0.2, -0.15) is 0 Å². The van der Waals surface area contributed by atoms with Crippen LogP contribution in [-0.2, 0) is 0 Å². The van der Waals surface area contributed by atoms with E-state index in [1.54, 1.807) is 22.7 Å². The molecule has 182 valence electrons. The zero-order valence-corrected chi connectivity index (χ0v) is 22.1. The van der Waals surface area contributed by atoms with Gasteiger partial charge in [0.2, 0.25) is 0 Å². The van der Waals surface area contributed by atoms with E-state index >= 15 is 0 Å². The maximum absolute atomic E-state index is 6.49. The van der Waals surface area contributed by atoms with Crippen LogP contribution in [0.3, 0.4) is 0 Å². The topological polar surface area (TPSA) is 38.9 Å². The van der Waals surface area contributed by atoms with Gasteiger partial charge in [0.1, 0.15) is 11.2 Å². The molecule has 3 nitrogen and oxygen atoms in total. The first-order valence-electron chi connectivity index (χ1n) is 12.8. The standard InChI is InChI=1S/C34H18N2OS2/c1-3-7-29-25(5-1)31-33(38-29)21(13-15-35-31)19-9-11-23-24-12-10-20(18-28(24)37-27(23)17-19)22-14-16-36-32-26-6-2-4-8-30(26)39-34(22)32/h1-18H. The third-order valence-electron chi connectivity index (χ3n) is 7.61. The minimum absolute atomic E-state index is 0.896. The highest BCUT2D eigenvalue weighted by atomic mass is 32.1. The SMILES string of the molecule is c1ccc2c(c1)sc1c(-c3ccc4c(c3)oc3cc(-c5ccnc6c5sc5ccccc56)ccc34)ccnc12. The van der Waals surface area contributed by atoms with Crippen LogP contribution in [0.5, 0.6) is 0 Å². The van der Waals surface area contributed by atoms with Gasteiger partial charge >= 0.3 is 0 Å². The summed E-state index contributed by atoms with van der Waals surface area (Å²) in [6.45, 7) is 0. The molecule has 0 unspecified atom stereocenters. The monoisotopic (exact) mass is 534 g/mol. The highest BCUT2D eigenvalue weighted by Gasteiger charge is 2.16. The van der Waals surface area contributed by atoms with Crippen LogP contribution in [0.1, 0.15) is 0 Å². The summed E-state index contributed by atoms with van der Waals surface area (Å²) in [5.74, 6) is 0. The Labute approximate surface area is 230 Å². The van der Waals surface area contributed by atoms with Crippen molar-refractivity contribution >= 4 is 85.2 Å². The highest BCUT2D eigenvalue weighted by Crippen LogP contribution is 2.42. The van der Waals surface area contributed by atoms with E-state index in [-0.39, 0.29) is 0 Å². The van der Waals surface area contributed by atoms with Crippen LogP contribution in [-0.4, -0.2) is 9.97 Å². The molecule has 39 heavy (non-hydrogen) atoms. The molecular weight excluding hydrogens is 517 g/mol. The van der Waals surface area contributed by atoms with Crippen molar-refractivity contribution in [2.24, 2.45) is 0 Å². The molecule has 0 saturated carbocycles. The number of nitrogens with zero attached hydrogens (tertiary/aromatic N) is 2. The summed E-state index contributed by atoms with van der Waals surface area (Å²) in [5, 5.41) is 4.67. The minimum Gasteiger partial charge on any atom is -0.456 e. The molecule has 0 saturated heterocycles. The van der Waals surface area contributed by atoms with Gasteiger partial charge in [0.25, 0.3) is 0 Å². The summed E-state index contributed by atoms with van der Waals surface area (Å²) in [6.07, 6.45) is 3.82. The summed E-state index contributed by atoms with van der Waals surface area (Å²) in [5.41, 5.74) is 8.57. The van der Waals surface area contributed by atoms with Gasteiger partial charge < -0.3 is 4.42 Å². The van der Waals surface area contributed by atoms with Crippen molar-refractivity contribution in [1.29, 1.82) is 0 Å². The fourth-order valence-electron chi connectivity index (χ4n) is 5.78. The number of thiophene rings is 2. The van der Waals surface area contributed by atoms with E-state index in [0.717, 1.165) is 44.1 Å². The van der Waals surface area contributed by atoms with Crippen molar-refractivity contribution in [3.05, 3.63) is 109 Å². The lowest BCUT2D eigenvalue weighted by molar-refractivity contribution is 0.669. The first-order chi connectivity index (χ1) is 19.3. The van der Waals surface area contributed by atoms with Crippen molar-refractivity contribution in [3.63, 3.8) is 0 Å². The van der Waals surface area contributed by atoms with Crippen LogP contribution >= 0.6 is 22.7 Å². The molecule has 9 rings (SSSR count). The van der Waals surface area contributed by atoms with Gasteiger partial charge in [-0.25, -0.2) is 0 Å². The fraction of sp³-hybridized carbons (Fsp3) is 0. The van der Waals surface area contributed by atoms with Crippen molar-refractivity contribution in [2.75, 3.05) is 0 Å². The van der Waals surface area contributed by atoms with E-state index in [2.05, 4.69) is 97.1 Å². The van der Waals surface area contributed by atoms with Gasteiger partial charge in [-0.15, -0.1) is 22.7 Å². The zero-order valence-electron chi connectivity index (χ0n) is 20.5. The molecule has 0 radical (unpaired) electrons. The number of benzene rings is 4. The number of rotatable bonds is 2. The average molecular weight is 535 g/mol. The molecule has 9 aromatic rings. The predicted molar refractivity (Wildman–Crippen MR) is 166 cm³/mol. The Hall–Kier alpha value is -4.58. The molecule has 0 spiro atoms. The van der Waals surface area contributed by atoms with E-state index in [1.807, 2.05) is 12.4 Å². The Morgan fingerprint density at radius 3 is 1.49 bits per heavy atom. The van der Waals surface area contributed by atoms with Crippen LogP contribution in [0.2, 0.25) is 0 Å². The predicted octanol–water partition coefficient (Wildman–Crippen LogP) is 10.4. The van der Waals surface area contributed by atoms with Crippen molar-refractivity contribution in [3.8, 4) is 22.3 Å². The molecular formula is C34H18N2OS2. The second-order valence-electron chi connectivity index (χ2n) is 9.79. The Morgan fingerprint density at radius 2 is 0.974 bits per heavy atom. The highest BCUT2D eigenvalue weighted by molar-refractivity contribution is 7.26. The van der Waals surface area contributed by atoms with Gasteiger partial charge in [-0.05, 0) is 59.7 Å². The largest absolute Gasteiger partial charge is 0.456 e. The lowest BCUT2D eigenvalue weighted by atomic mass is 10.0. The second-order valence-corrected chi connectivity index (χ2v) is 11.9. The molecule has 0 N–H and O–H groups in total. The van der Waals surface area contributed by atoms with Crippen LogP contribution in [0.25, 0.3) is 84.8 Å². The fourth-order valence-corrected chi connectivity index (χ4v) is 8.17. The van der Waals surface area contributed by atoms with E-state index in [1.165, 1.54) is 40.7 Å². The number of pyridine rings is 2. The maximum atomic E-state index is 6.49. The van der Waals surface area contributed by atoms with Crippen LogP contribution in [0, 0.1) is 0 Å². The normalized spacial score (nSPS) is 12.1. The molecule has 0 bridgehead atoms. The molecule has 5 heterocycles. The van der Waals surface area contributed by atoms with Gasteiger partial charge in [-0.1, -0.05) is 48.5 Å². The lowest BCUT2D eigenvalue weighted by Gasteiger charge is -2.03. The lowest BCUT2D eigenvalue weighted by Crippen LogP contribution is -1.81. The number of fused-ring (bicyclic) bond motifs is 9.